The van der Waals surface area contributed by atoms with E-state index in [-0.39, 0.29) is 0 Å². The topological polar surface area (TPSA) is 22.4 Å². The van der Waals surface area contributed by atoms with Crippen molar-refractivity contribution in [2.75, 3.05) is 0 Å². The van der Waals surface area contributed by atoms with E-state index >= 15 is 0 Å². The Kier molecular flexibility index (Phi) is 2.23. The third kappa shape index (κ3) is 1.84. The van der Waals surface area contributed by atoms with Gasteiger partial charge < -0.3 is 9.15 Å². The molecule has 0 atom stereocenters. The van der Waals surface area contributed by atoms with Gasteiger partial charge in [-0.1, -0.05) is 23.7 Å². The maximum Gasteiger partial charge on any atom is 0.165 e. The molecule has 0 saturated carbocycles. The second-order valence-electron chi connectivity index (χ2n) is 2.49. The molecule has 0 saturated heterocycles. The van der Waals surface area contributed by atoms with Crippen molar-refractivity contribution in [1.82, 2.24) is 0 Å². The van der Waals surface area contributed by atoms with Crippen LogP contribution >= 0.6 is 11.6 Å². The molecule has 0 unspecified atom stereocenters. The minimum absolute atomic E-state index is 0.587. The molecule has 1 heterocycles. The Labute approximate surface area is 80.7 Å². The van der Waals surface area contributed by atoms with E-state index in [0.717, 1.165) is 0 Å². The second kappa shape index (κ2) is 3.54. The summed E-state index contributed by atoms with van der Waals surface area (Å²) in [5.41, 5.74) is 0. The number of hydrogen-bond acceptors (Lipinski definition) is 2. The van der Waals surface area contributed by atoms with Crippen LogP contribution < -0.4 is 4.74 Å². The lowest BCUT2D eigenvalue weighted by Gasteiger charge is -2.03. The van der Waals surface area contributed by atoms with Crippen LogP contribution in [-0.2, 0) is 0 Å². The Morgan fingerprint density at radius 1 is 1.15 bits per heavy atom. The Morgan fingerprint density at radius 3 is 2.69 bits per heavy atom. The average Bonchev–Trinajstić information content (AvgIpc) is 2.61. The lowest BCUT2D eigenvalue weighted by Crippen LogP contribution is -1.81. The van der Waals surface area contributed by atoms with E-state index in [1.165, 1.54) is 6.26 Å². The Bertz CT molecular complexity index is 382. The van der Waals surface area contributed by atoms with Crippen molar-refractivity contribution in [3.8, 4) is 11.5 Å². The summed E-state index contributed by atoms with van der Waals surface area (Å²) in [4.78, 5) is 0. The van der Waals surface area contributed by atoms with E-state index < -0.39 is 0 Å². The van der Waals surface area contributed by atoms with Crippen LogP contribution in [0.15, 0.2) is 47.3 Å². The molecule has 0 bridgehead atoms. The fourth-order valence-corrected chi connectivity index (χ4v) is 1.14. The van der Waals surface area contributed by atoms with Crippen LogP contribution in [0.5, 0.6) is 11.5 Å². The van der Waals surface area contributed by atoms with Gasteiger partial charge in [0.25, 0.3) is 0 Å². The fraction of sp³-hybridized carbons (Fsp3) is 0. The number of ether oxygens (including phenoxy) is 1. The predicted molar refractivity (Wildman–Crippen MR) is 50.2 cm³/mol. The second-order valence-corrected chi connectivity index (χ2v) is 2.90. The van der Waals surface area contributed by atoms with Gasteiger partial charge in [0.05, 0.1) is 11.3 Å². The van der Waals surface area contributed by atoms with Crippen LogP contribution in [0, 0.1) is 0 Å². The van der Waals surface area contributed by atoms with Gasteiger partial charge in [0.2, 0.25) is 0 Å². The van der Waals surface area contributed by atoms with Gasteiger partial charge in [0, 0.05) is 6.07 Å². The molecule has 0 fully saturated rings. The van der Waals surface area contributed by atoms with Gasteiger partial charge in [-0.25, -0.2) is 0 Å². The third-order valence-electron chi connectivity index (χ3n) is 1.56. The van der Waals surface area contributed by atoms with Gasteiger partial charge in [0.15, 0.2) is 5.75 Å². The molecule has 0 aliphatic heterocycles. The highest BCUT2D eigenvalue weighted by atomic mass is 35.5. The van der Waals surface area contributed by atoms with Gasteiger partial charge in [-0.2, -0.15) is 0 Å². The molecule has 3 heteroatoms. The van der Waals surface area contributed by atoms with E-state index in [1.807, 2.05) is 12.1 Å². The first-order chi connectivity index (χ1) is 6.36. The van der Waals surface area contributed by atoms with Gasteiger partial charge in [-0.3, -0.25) is 0 Å². The molecule has 0 aliphatic rings. The summed E-state index contributed by atoms with van der Waals surface area (Å²) in [5, 5.41) is 0.587. The SMILES string of the molecule is Clc1ccccc1Oc1ccoc1. The molecular weight excluding hydrogens is 188 g/mol. The Morgan fingerprint density at radius 2 is 2.00 bits per heavy atom. The smallest absolute Gasteiger partial charge is 0.165 e. The highest BCUT2D eigenvalue weighted by Gasteiger charge is 2.01. The molecule has 1 aromatic heterocycles. The number of halogens is 1. The van der Waals surface area contributed by atoms with E-state index in [4.69, 9.17) is 20.8 Å². The van der Waals surface area contributed by atoms with Gasteiger partial charge in [0.1, 0.15) is 12.0 Å². The minimum Gasteiger partial charge on any atom is -0.469 e. The summed E-state index contributed by atoms with van der Waals surface area (Å²) in [6.45, 7) is 0. The van der Waals surface area contributed by atoms with Crippen LogP contribution in [0.3, 0.4) is 0 Å². The molecular formula is C10H7ClO2. The number of benzene rings is 1. The highest BCUT2D eigenvalue weighted by molar-refractivity contribution is 6.32. The standard InChI is InChI=1S/C10H7ClO2/c11-9-3-1-2-4-10(9)13-8-5-6-12-7-8/h1-7H. The van der Waals surface area contributed by atoms with Crippen molar-refractivity contribution in [3.63, 3.8) is 0 Å². The zero-order chi connectivity index (χ0) is 9.10. The number of furan rings is 1. The van der Waals surface area contributed by atoms with Crippen molar-refractivity contribution in [2.24, 2.45) is 0 Å². The molecule has 0 aliphatic carbocycles. The van der Waals surface area contributed by atoms with Crippen molar-refractivity contribution in [2.45, 2.75) is 0 Å². The fourth-order valence-electron chi connectivity index (χ4n) is 0.965. The molecule has 0 spiro atoms. The summed E-state index contributed by atoms with van der Waals surface area (Å²) in [7, 11) is 0. The quantitative estimate of drug-likeness (QED) is 0.727. The van der Waals surface area contributed by atoms with Crippen LogP contribution in [0.1, 0.15) is 0 Å². The van der Waals surface area contributed by atoms with E-state index in [9.17, 15) is 0 Å². The van der Waals surface area contributed by atoms with Crippen LogP contribution in [0.4, 0.5) is 0 Å². The molecule has 2 aromatic rings. The average molecular weight is 195 g/mol. The summed E-state index contributed by atoms with van der Waals surface area (Å²) in [6, 6.07) is 9.02. The molecule has 66 valence electrons. The van der Waals surface area contributed by atoms with Crippen LogP contribution in [0.2, 0.25) is 5.02 Å². The zero-order valence-electron chi connectivity index (χ0n) is 6.74. The minimum atomic E-state index is 0.587. The zero-order valence-corrected chi connectivity index (χ0v) is 7.49. The van der Waals surface area contributed by atoms with Crippen molar-refractivity contribution in [1.29, 1.82) is 0 Å². The first-order valence-corrected chi connectivity index (χ1v) is 4.18. The molecule has 0 radical (unpaired) electrons. The summed E-state index contributed by atoms with van der Waals surface area (Å²) in [5.74, 6) is 1.28. The lowest BCUT2D eigenvalue weighted by atomic mass is 10.3. The monoisotopic (exact) mass is 194 g/mol. The van der Waals surface area contributed by atoms with E-state index in [2.05, 4.69) is 0 Å². The molecule has 1 aromatic carbocycles. The first kappa shape index (κ1) is 8.20. The van der Waals surface area contributed by atoms with Gasteiger partial charge in [-0.15, -0.1) is 0 Å². The highest BCUT2D eigenvalue weighted by Crippen LogP contribution is 2.28. The molecule has 2 nitrogen and oxygen atoms in total. The van der Waals surface area contributed by atoms with Gasteiger partial charge >= 0.3 is 0 Å². The summed E-state index contributed by atoms with van der Waals surface area (Å²) < 4.78 is 10.3. The number of rotatable bonds is 2. The van der Waals surface area contributed by atoms with Crippen LogP contribution in [-0.4, -0.2) is 0 Å². The number of hydrogen-bond donors (Lipinski definition) is 0. The lowest BCUT2D eigenvalue weighted by molar-refractivity contribution is 0.466. The van der Waals surface area contributed by atoms with Gasteiger partial charge in [-0.05, 0) is 12.1 Å². The van der Waals surface area contributed by atoms with Crippen molar-refractivity contribution >= 4 is 11.6 Å². The van der Waals surface area contributed by atoms with Crippen molar-refractivity contribution in [3.05, 3.63) is 47.9 Å². The van der Waals surface area contributed by atoms with E-state index in [1.54, 1.807) is 24.5 Å². The molecule has 0 amide bonds. The maximum atomic E-state index is 5.89. The first-order valence-electron chi connectivity index (χ1n) is 3.81. The molecule has 2 rings (SSSR count). The molecule has 0 N–H and O–H groups in total. The normalized spacial score (nSPS) is 9.92. The summed E-state index contributed by atoms with van der Waals surface area (Å²) >= 11 is 5.89. The Balaban J connectivity index is 2.24. The summed E-state index contributed by atoms with van der Waals surface area (Å²) in [6.07, 6.45) is 3.06. The Hall–Kier alpha value is -1.41. The molecule has 13 heavy (non-hydrogen) atoms. The largest absolute Gasteiger partial charge is 0.469 e. The van der Waals surface area contributed by atoms with E-state index in [0.29, 0.717) is 16.5 Å². The van der Waals surface area contributed by atoms with Crippen molar-refractivity contribution < 1.29 is 9.15 Å². The third-order valence-corrected chi connectivity index (χ3v) is 1.87. The maximum absolute atomic E-state index is 5.89. The van der Waals surface area contributed by atoms with Crippen LogP contribution in [0.25, 0.3) is 0 Å². The predicted octanol–water partition coefficient (Wildman–Crippen LogP) is 3.73. The number of para-hydroxylation sites is 1.